The van der Waals surface area contributed by atoms with Gasteiger partial charge in [-0.25, -0.2) is 5.48 Å². The molecule has 32 heavy (non-hydrogen) atoms. The van der Waals surface area contributed by atoms with Crippen molar-refractivity contribution in [3.63, 3.8) is 0 Å². The fourth-order valence-electron chi connectivity index (χ4n) is 3.83. The lowest BCUT2D eigenvalue weighted by Gasteiger charge is -2.17. The number of anilines is 1. The largest absolute Gasteiger partial charge is 0.496 e. The van der Waals surface area contributed by atoms with Gasteiger partial charge in [0.25, 0.3) is 5.56 Å². The summed E-state index contributed by atoms with van der Waals surface area (Å²) in [5, 5.41) is 16.9. The van der Waals surface area contributed by atoms with Gasteiger partial charge in [-0.1, -0.05) is 11.2 Å². The number of rotatable bonds is 8. The van der Waals surface area contributed by atoms with Gasteiger partial charge in [0.2, 0.25) is 0 Å². The molecule has 4 rings (SSSR count). The topological polar surface area (TPSA) is 114 Å². The van der Waals surface area contributed by atoms with Crippen molar-refractivity contribution in [3.8, 4) is 16.9 Å². The first-order chi connectivity index (χ1) is 15.5. The quantitative estimate of drug-likeness (QED) is 0.286. The van der Waals surface area contributed by atoms with E-state index in [1.807, 2.05) is 50.2 Å². The predicted molar refractivity (Wildman–Crippen MR) is 121 cm³/mol. The molecule has 0 aliphatic heterocycles. The number of hydroxylamine groups is 1. The average molecular weight is 435 g/mol. The maximum atomic E-state index is 13.3. The molecule has 0 saturated heterocycles. The van der Waals surface area contributed by atoms with Crippen molar-refractivity contribution in [2.45, 2.75) is 20.4 Å². The molecular weight excluding hydrogens is 410 g/mol. The number of aryl methyl sites for hydroxylation is 2. The maximum absolute atomic E-state index is 13.3. The second kappa shape index (κ2) is 9.21. The molecule has 0 fully saturated rings. The van der Waals surface area contributed by atoms with E-state index in [0.717, 1.165) is 33.4 Å². The molecule has 4 aromatic rings. The van der Waals surface area contributed by atoms with Crippen LogP contribution in [0.15, 0.2) is 51.9 Å². The SMILES string of the molecule is COc1cc2c(cc1-c1c(C)noc1C)cc(NCCNO)c(=O)n2Cc1ccccn1. The highest BCUT2D eigenvalue weighted by Gasteiger charge is 2.19. The van der Waals surface area contributed by atoms with Crippen LogP contribution >= 0.6 is 0 Å². The number of nitrogens with one attached hydrogen (secondary N) is 2. The van der Waals surface area contributed by atoms with Gasteiger partial charge in [-0.3, -0.25) is 9.78 Å². The molecular formula is C23H25N5O4. The van der Waals surface area contributed by atoms with Crippen LogP contribution < -0.4 is 21.1 Å². The van der Waals surface area contributed by atoms with E-state index in [0.29, 0.717) is 36.8 Å². The van der Waals surface area contributed by atoms with Crippen molar-refractivity contribution < 1.29 is 14.5 Å². The third-order valence-electron chi connectivity index (χ3n) is 5.32. The van der Waals surface area contributed by atoms with Gasteiger partial charge in [-0.15, -0.1) is 0 Å². The number of pyridine rings is 2. The van der Waals surface area contributed by atoms with E-state index in [-0.39, 0.29) is 5.56 Å². The Labute approximate surface area is 184 Å². The molecule has 9 nitrogen and oxygen atoms in total. The summed E-state index contributed by atoms with van der Waals surface area (Å²) in [5.74, 6) is 1.31. The zero-order valence-corrected chi connectivity index (χ0v) is 18.2. The van der Waals surface area contributed by atoms with Crippen LogP contribution in [0, 0.1) is 13.8 Å². The highest BCUT2D eigenvalue weighted by Crippen LogP contribution is 2.37. The molecule has 3 N–H and O–H groups in total. The number of benzene rings is 1. The van der Waals surface area contributed by atoms with Crippen molar-refractivity contribution in [1.82, 2.24) is 20.2 Å². The van der Waals surface area contributed by atoms with Gasteiger partial charge in [0.15, 0.2) is 0 Å². The molecule has 1 aromatic carbocycles. The molecule has 0 saturated carbocycles. The molecule has 0 aliphatic carbocycles. The molecule has 0 amide bonds. The molecule has 0 unspecified atom stereocenters. The standard InChI is InChI=1S/C23H25N5O4/c1-14-22(15(2)32-27-14)18-10-16-11-19(25-8-9-26-30)23(29)28(20(16)12-21(18)31-3)13-17-6-4-5-7-24-17/h4-7,10-12,25-26,30H,8-9,13H2,1-3H3. The highest BCUT2D eigenvalue weighted by molar-refractivity contribution is 5.91. The lowest BCUT2D eigenvalue weighted by atomic mass is 10.00. The Kier molecular flexibility index (Phi) is 6.20. The highest BCUT2D eigenvalue weighted by atomic mass is 16.5. The number of hydrogen-bond donors (Lipinski definition) is 3. The van der Waals surface area contributed by atoms with Crippen LogP contribution in [0.2, 0.25) is 0 Å². The Balaban J connectivity index is 1.95. The van der Waals surface area contributed by atoms with Gasteiger partial charge >= 0.3 is 0 Å². The summed E-state index contributed by atoms with van der Waals surface area (Å²) in [6.45, 7) is 4.72. The van der Waals surface area contributed by atoms with Gasteiger partial charge < -0.3 is 24.4 Å². The van der Waals surface area contributed by atoms with Crippen LogP contribution in [0.4, 0.5) is 5.69 Å². The number of nitrogens with zero attached hydrogens (tertiary/aromatic N) is 3. The zero-order valence-electron chi connectivity index (χ0n) is 18.2. The third kappa shape index (κ3) is 4.08. The van der Waals surface area contributed by atoms with Gasteiger partial charge in [0.05, 0.1) is 36.1 Å². The summed E-state index contributed by atoms with van der Waals surface area (Å²) in [6.07, 6.45) is 1.70. The molecule has 0 atom stereocenters. The Morgan fingerprint density at radius 1 is 1.19 bits per heavy atom. The summed E-state index contributed by atoms with van der Waals surface area (Å²) < 4.78 is 12.7. The third-order valence-corrected chi connectivity index (χ3v) is 5.32. The first-order valence-electron chi connectivity index (χ1n) is 10.2. The van der Waals surface area contributed by atoms with Crippen molar-refractivity contribution >= 4 is 16.6 Å². The Hall–Kier alpha value is -3.69. The van der Waals surface area contributed by atoms with E-state index in [1.165, 1.54) is 0 Å². The fraction of sp³-hybridized carbons (Fsp3) is 0.261. The first-order valence-corrected chi connectivity index (χ1v) is 10.2. The predicted octanol–water partition coefficient (Wildman–Crippen LogP) is 3.12. The summed E-state index contributed by atoms with van der Waals surface area (Å²) in [5.41, 5.74) is 6.28. The maximum Gasteiger partial charge on any atom is 0.274 e. The second-order valence-electron chi connectivity index (χ2n) is 7.42. The smallest absolute Gasteiger partial charge is 0.274 e. The van der Waals surface area contributed by atoms with E-state index >= 15 is 0 Å². The average Bonchev–Trinajstić information content (AvgIpc) is 3.14. The molecule has 0 spiro atoms. The van der Waals surface area contributed by atoms with E-state index in [2.05, 4.69) is 20.9 Å². The summed E-state index contributed by atoms with van der Waals surface area (Å²) in [4.78, 5) is 17.7. The first kappa shape index (κ1) is 21.5. The number of ether oxygens (including phenoxy) is 1. The van der Waals surface area contributed by atoms with Crippen molar-refractivity contribution in [1.29, 1.82) is 0 Å². The summed E-state index contributed by atoms with van der Waals surface area (Å²) in [7, 11) is 1.60. The van der Waals surface area contributed by atoms with Crippen LogP contribution in [-0.2, 0) is 6.54 Å². The number of hydrogen-bond acceptors (Lipinski definition) is 8. The monoisotopic (exact) mass is 435 g/mol. The molecule has 166 valence electrons. The van der Waals surface area contributed by atoms with E-state index < -0.39 is 0 Å². The number of methoxy groups -OCH3 is 1. The van der Waals surface area contributed by atoms with Gasteiger partial charge in [-0.2, -0.15) is 0 Å². The number of aromatic nitrogens is 3. The normalized spacial score (nSPS) is 11.1. The lowest BCUT2D eigenvalue weighted by molar-refractivity contribution is 0.171. The number of fused-ring (bicyclic) bond motifs is 1. The van der Waals surface area contributed by atoms with E-state index in [9.17, 15) is 4.79 Å². The minimum absolute atomic E-state index is 0.187. The second-order valence-corrected chi connectivity index (χ2v) is 7.42. The molecule has 3 aromatic heterocycles. The fourth-order valence-corrected chi connectivity index (χ4v) is 3.83. The van der Waals surface area contributed by atoms with Crippen LogP contribution in [0.3, 0.4) is 0 Å². The molecule has 0 aliphatic rings. The van der Waals surface area contributed by atoms with Crippen molar-refractivity contribution in [2.24, 2.45) is 0 Å². The summed E-state index contributed by atoms with van der Waals surface area (Å²) in [6, 6.07) is 11.3. The zero-order chi connectivity index (χ0) is 22.7. The molecule has 0 bridgehead atoms. The minimum atomic E-state index is -0.187. The molecule has 3 heterocycles. The van der Waals surface area contributed by atoms with Crippen molar-refractivity contribution in [2.75, 3.05) is 25.5 Å². The molecule has 0 radical (unpaired) electrons. The lowest BCUT2D eigenvalue weighted by Crippen LogP contribution is -2.27. The van der Waals surface area contributed by atoms with Gasteiger partial charge in [0.1, 0.15) is 17.2 Å². The van der Waals surface area contributed by atoms with Gasteiger partial charge in [0, 0.05) is 36.3 Å². The Morgan fingerprint density at radius 3 is 2.69 bits per heavy atom. The minimum Gasteiger partial charge on any atom is -0.496 e. The van der Waals surface area contributed by atoms with Crippen LogP contribution in [0.1, 0.15) is 17.1 Å². The van der Waals surface area contributed by atoms with E-state index in [4.69, 9.17) is 14.5 Å². The Morgan fingerprint density at radius 2 is 2.03 bits per heavy atom. The summed E-state index contributed by atoms with van der Waals surface area (Å²) >= 11 is 0. The van der Waals surface area contributed by atoms with Crippen LogP contribution in [0.25, 0.3) is 22.0 Å². The molecule has 9 heteroatoms. The van der Waals surface area contributed by atoms with Crippen LogP contribution in [0.5, 0.6) is 5.75 Å². The van der Waals surface area contributed by atoms with Gasteiger partial charge in [-0.05, 0) is 38.1 Å². The van der Waals surface area contributed by atoms with Crippen molar-refractivity contribution in [3.05, 3.63) is 70.1 Å². The van der Waals surface area contributed by atoms with Crippen LogP contribution in [-0.4, -0.2) is 40.1 Å². The van der Waals surface area contributed by atoms with E-state index in [1.54, 1.807) is 17.9 Å². The Bertz CT molecular complexity index is 1280.